The molecule has 0 aliphatic rings. The van der Waals surface area contributed by atoms with Gasteiger partial charge in [-0.1, -0.05) is 95.1 Å². The lowest BCUT2D eigenvalue weighted by Gasteiger charge is -2.31. The first kappa shape index (κ1) is 29.1. The Hall–Kier alpha value is -2.14. The topological polar surface area (TPSA) is 55.4 Å². The molecule has 1 atom stereocenters. The summed E-state index contributed by atoms with van der Waals surface area (Å²) in [7, 11) is 0. The van der Waals surface area contributed by atoms with Gasteiger partial charge in [-0.25, -0.2) is 0 Å². The average Bonchev–Trinajstić information content (AvgIpc) is 2.86. The van der Waals surface area contributed by atoms with Crippen LogP contribution in [0.1, 0.15) is 102 Å². The van der Waals surface area contributed by atoms with E-state index in [-0.39, 0.29) is 27.9 Å². The van der Waals surface area contributed by atoms with Crippen molar-refractivity contribution in [1.29, 1.82) is 0 Å². The number of ether oxygens (including phenoxy) is 1. The summed E-state index contributed by atoms with van der Waals surface area (Å²) in [5.74, 6) is 0.452. The van der Waals surface area contributed by atoms with E-state index in [0.29, 0.717) is 17.7 Å². The molecule has 0 saturated carbocycles. The van der Waals surface area contributed by atoms with Gasteiger partial charge < -0.3 is 10.1 Å². The molecule has 0 spiro atoms. The number of anilines is 1. The summed E-state index contributed by atoms with van der Waals surface area (Å²) in [6.45, 7) is 15.5. The van der Waals surface area contributed by atoms with Crippen LogP contribution in [0.5, 0.6) is 5.75 Å². The van der Waals surface area contributed by atoms with Crippen LogP contribution in [0.4, 0.5) is 5.69 Å². The number of halogens is 1. The number of para-hydroxylation sites is 1. The molecule has 0 fully saturated rings. The normalized spacial score (nSPS) is 12.8. The molecule has 0 aliphatic heterocycles. The number of Topliss-reactive ketones (excluding diaryl/α,β-unsaturated/α-hetero) is 1. The molecule has 1 N–H and O–H groups in total. The molecule has 2 rings (SSSR count). The van der Waals surface area contributed by atoms with Gasteiger partial charge in [0.05, 0.1) is 11.0 Å². The van der Waals surface area contributed by atoms with Crippen molar-refractivity contribution in [2.24, 2.45) is 0 Å². The molecule has 0 saturated heterocycles. The molecule has 35 heavy (non-hydrogen) atoms. The molecule has 0 bridgehead atoms. The van der Waals surface area contributed by atoms with Gasteiger partial charge in [0, 0.05) is 11.1 Å². The lowest BCUT2D eigenvalue weighted by atomic mass is 9.76. The average molecular weight is 545 g/mol. The highest BCUT2D eigenvalue weighted by Gasteiger charge is 2.29. The van der Waals surface area contributed by atoms with Gasteiger partial charge in [0.25, 0.3) is 5.91 Å². The van der Waals surface area contributed by atoms with Crippen LogP contribution in [-0.2, 0) is 15.6 Å². The van der Waals surface area contributed by atoms with Crippen LogP contribution in [0.15, 0.2) is 42.5 Å². The fraction of sp³-hybridized carbons (Fsp3) is 0.533. The summed E-state index contributed by atoms with van der Waals surface area (Å²) in [6, 6.07) is 13.5. The Morgan fingerprint density at radius 3 is 2.23 bits per heavy atom. The second-order valence-electron chi connectivity index (χ2n) is 10.5. The third-order valence-corrected chi connectivity index (χ3v) is 7.76. The molecule has 192 valence electrons. The number of hydrogen-bond donors (Lipinski definition) is 1. The van der Waals surface area contributed by atoms with E-state index in [2.05, 4.69) is 81.8 Å². The summed E-state index contributed by atoms with van der Waals surface area (Å²) in [6.07, 6.45) is 3.76. The second-order valence-corrected chi connectivity index (χ2v) is 11.1. The van der Waals surface area contributed by atoms with Crippen LogP contribution in [-0.4, -0.2) is 23.1 Å². The third kappa shape index (κ3) is 7.42. The van der Waals surface area contributed by atoms with Crippen LogP contribution in [0.25, 0.3) is 0 Å². The Balaban J connectivity index is 2.44. The van der Waals surface area contributed by atoms with Crippen LogP contribution in [0.2, 0.25) is 0 Å². The predicted molar refractivity (Wildman–Crippen MR) is 150 cm³/mol. The van der Waals surface area contributed by atoms with E-state index < -0.39 is 6.10 Å². The predicted octanol–water partition coefficient (Wildman–Crippen LogP) is 8.22. The molecule has 1 unspecified atom stereocenters. The summed E-state index contributed by atoms with van der Waals surface area (Å²) < 4.78 is 6.49. The van der Waals surface area contributed by atoms with Gasteiger partial charge in [-0.3, -0.25) is 9.59 Å². The Labute approximate surface area is 220 Å². The maximum atomic E-state index is 13.4. The molecule has 5 heteroatoms. The molecule has 0 heterocycles. The van der Waals surface area contributed by atoms with Gasteiger partial charge in [0.1, 0.15) is 5.75 Å². The minimum Gasteiger partial charge on any atom is -0.480 e. The first-order valence-electron chi connectivity index (χ1n) is 12.8. The summed E-state index contributed by atoms with van der Waals surface area (Å²) in [4.78, 5) is 25.8. The van der Waals surface area contributed by atoms with E-state index in [4.69, 9.17) is 4.74 Å². The number of unbranched alkanes of at least 4 members (excludes halogenated alkanes) is 1. The molecule has 1 amide bonds. The van der Waals surface area contributed by atoms with E-state index in [9.17, 15) is 9.59 Å². The third-order valence-electron chi connectivity index (χ3n) is 7.25. The molecule has 4 nitrogen and oxygen atoms in total. The summed E-state index contributed by atoms with van der Waals surface area (Å²) in [5.41, 5.74) is 3.37. The molecule has 2 aromatic rings. The van der Waals surface area contributed by atoms with Gasteiger partial charge in [0.2, 0.25) is 0 Å². The first-order valence-corrected chi connectivity index (χ1v) is 13.9. The quantitative estimate of drug-likeness (QED) is 0.204. The van der Waals surface area contributed by atoms with Crippen molar-refractivity contribution in [1.82, 2.24) is 0 Å². The zero-order valence-corrected chi connectivity index (χ0v) is 24.1. The number of ketones is 1. The van der Waals surface area contributed by atoms with Crippen LogP contribution in [0, 0.1) is 0 Å². The van der Waals surface area contributed by atoms with E-state index in [1.54, 1.807) is 18.2 Å². The minimum absolute atomic E-state index is 0.0573. The van der Waals surface area contributed by atoms with Gasteiger partial charge >= 0.3 is 0 Å². The van der Waals surface area contributed by atoms with Gasteiger partial charge in [-0.15, -0.1) is 0 Å². The van der Waals surface area contributed by atoms with E-state index >= 15 is 0 Å². The highest BCUT2D eigenvalue weighted by atomic mass is 79.9. The number of carbonyl (C=O) groups is 2. The van der Waals surface area contributed by atoms with Crippen molar-refractivity contribution in [3.05, 3.63) is 59.2 Å². The number of benzene rings is 2. The fourth-order valence-electron chi connectivity index (χ4n) is 3.88. The number of rotatable bonds is 13. The van der Waals surface area contributed by atoms with Crippen molar-refractivity contribution in [3.8, 4) is 5.75 Å². The van der Waals surface area contributed by atoms with Crippen LogP contribution in [0.3, 0.4) is 0 Å². The van der Waals surface area contributed by atoms with E-state index in [1.807, 2.05) is 12.1 Å². The largest absolute Gasteiger partial charge is 0.480 e. The van der Waals surface area contributed by atoms with Gasteiger partial charge in [-0.05, 0) is 60.3 Å². The summed E-state index contributed by atoms with van der Waals surface area (Å²) >= 11 is 3.23. The molecule has 0 radical (unpaired) electrons. The van der Waals surface area contributed by atoms with E-state index in [0.717, 1.165) is 37.0 Å². The van der Waals surface area contributed by atoms with Crippen molar-refractivity contribution in [2.45, 2.75) is 97.5 Å². The Morgan fingerprint density at radius 1 is 0.971 bits per heavy atom. The SMILES string of the molecule is CCCCC(Oc1ccc(C(C)(C)CC)cc1C(C)(C)CC)C(=O)Nc1ccccc1C(=O)CBr. The molecular formula is C30H42BrNO3. The number of alkyl halides is 1. The van der Waals surface area contributed by atoms with Crippen LogP contribution >= 0.6 is 15.9 Å². The van der Waals surface area contributed by atoms with Crippen molar-refractivity contribution >= 4 is 33.3 Å². The molecule has 0 aliphatic carbocycles. The number of carbonyl (C=O) groups excluding carboxylic acids is 2. The zero-order chi connectivity index (χ0) is 26.2. The van der Waals surface area contributed by atoms with Crippen molar-refractivity contribution in [2.75, 3.05) is 10.6 Å². The smallest absolute Gasteiger partial charge is 0.265 e. The maximum absolute atomic E-state index is 13.4. The van der Waals surface area contributed by atoms with Crippen LogP contribution < -0.4 is 10.1 Å². The van der Waals surface area contributed by atoms with E-state index in [1.165, 1.54) is 5.56 Å². The second kappa shape index (κ2) is 12.7. The highest BCUT2D eigenvalue weighted by molar-refractivity contribution is 9.09. The maximum Gasteiger partial charge on any atom is 0.265 e. The Kier molecular flexibility index (Phi) is 10.6. The number of nitrogens with one attached hydrogen (secondary N) is 1. The molecular weight excluding hydrogens is 502 g/mol. The first-order chi connectivity index (χ1) is 16.5. The summed E-state index contributed by atoms with van der Waals surface area (Å²) in [5, 5.41) is 3.17. The van der Waals surface area contributed by atoms with Gasteiger partial charge in [0.15, 0.2) is 11.9 Å². The van der Waals surface area contributed by atoms with Gasteiger partial charge in [-0.2, -0.15) is 0 Å². The Bertz CT molecular complexity index is 1010. The number of hydrogen-bond acceptors (Lipinski definition) is 3. The number of amides is 1. The highest BCUT2D eigenvalue weighted by Crippen LogP contribution is 2.39. The minimum atomic E-state index is -0.654. The molecule has 0 aromatic heterocycles. The van der Waals surface area contributed by atoms with Crippen molar-refractivity contribution in [3.63, 3.8) is 0 Å². The monoisotopic (exact) mass is 543 g/mol. The standard InChI is InChI=1S/C30H42BrNO3/c1-8-11-16-27(28(34)32-24-15-13-12-14-22(24)25(33)20-31)35-26-18-17-21(29(4,5)9-2)19-23(26)30(6,7)10-3/h12-15,17-19,27H,8-11,16,20H2,1-7H3,(H,32,34). The Morgan fingerprint density at radius 2 is 1.63 bits per heavy atom. The molecule has 2 aromatic carbocycles. The zero-order valence-electron chi connectivity index (χ0n) is 22.5. The van der Waals surface area contributed by atoms with Crippen molar-refractivity contribution < 1.29 is 14.3 Å². The lowest BCUT2D eigenvalue weighted by Crippen LogP contribution is -2.34. The lowest BCUT2D eigenvalue weighted by molar-refractivity contribution is -0.123. The fourth-order valence-corrected chi connectivity index (χ4v) is 4.19.